The fourth-order valence-corrected chi connectivity index (χ4v) is 2.01. The highest BCUT2D eigenvalue weighted by atomic mass is 127. The first-order valence-electron chi connectivity index (χ1n) is 4.89. The average molecular weight is 358 g/mol. The van der Waals surface area contributed by atoms with Gasteiger partial charge in [0, 0.05) is 6.04 Å². The minimum atomic E-state index is 0. The molecule has 5 heteroatoms. The van der Waals surface area contributed by atoms with Crippen molar-refractivity contribution in [3.8, 4) is 11.5 Å². The van der Waals surface area contributed by atoms with Crippen molar-refractivity contribution in [1.82, 2.24) is 0 Å². The second-order valence-electron chi connectivity index (χ2n) is 3.50. The number of hydrogen-bond donors (Lipinski definition) is 2. The van der Waals surface area contributed by atoms with E-state index in [1.165, 1.54) is 0 Å². The van der Waals surface area contributed by atoms with Gasteiger partial charge in [-0.2, -0.15) is 0 Å². The highest BCUT2D eigenvalue weighted by molar-refractivity contribution is 14.1. The predicted octanol–water partition coefficient (Wildman–Crippen LogP) is 2.71. The van der Waals surface area contributed by atoms with Crippen LogP contribution in [0.1, 0.15) is 18.9 Å². The zero-order chi connectivity index (χ0) is 11.4. The maximum Gasteiger partial charge on any atom is 0.171 e. The molecule has 1 aromatic carbocycles. The Morgan fingerprint density at radius 2 is 2.12 bits per heavy atom. The summed E-state index contributed by atoms with van der Waals surface area (Å²) in [6, 6.07) is 3.94. The molecule has 0 aliphatic heterocycles. The van der Waals surface area contributed by atoms with Crippen molar-refractivity contribution in [2.24, 2.45) is 5.73 Å². The van der Waals surface area contributed by atoms with Crippen molar-refractivity contribution in [3.05, 3.63) is 21.3 Å². The van der Waals surface area contributed by atoms with Gasteiger partial charge in [0.2, 0.25) is 0 Å². The molecule has 0 radical (unpaired) electrons. The normalized spacial score (nSPS) is 11.8. The maximum atomic E-state index is 9.65. The summed E-state index contributed by atoms with van der Waals surface area (Å²) < 4.78 is 5.88. The molecular formula is C11H17ClINO2. The molecule has 16 heavy (non-hydrogen) atoms. The van der Waals surface area contributed by atoms with Gasteiger partial charge in [0.1, 0.15) is 0 Å². The lowest BCUT2D eigenvalue weighted by Crippen LogP contribution is -2.21. The summed E-state index contributed by atoms with van der Waals surface area (Å²) >= 11 is 2.09. The van der Waals surface area contributed by atoms with E-state index in [1.54, 1.807) is 7.11 Å². The third-order valence-electron chi connectivity index (χ3n) is 2.33. The zero-order valence-electron chi connectivity index (χ0n) is 9.37. The molecule has 0 saturated heterocycles. The van der Waals surface area contributed by atoms with Gasteiger partial charge in [-0.3, -0.25) is 0 Å². The Morgan fingerprint density at radius 1 is 1.50 bits per heavy atom. The van der Waals surface area contributed by atoms with Gasteiger partial charge in [-0.1, -0.05) is 6.92 Å². The van der Waals surface area contributed by atoms with Crippen LogP contribution < -0.4 is 10.5 Å². The third kappa shape index (κ3) is 3.99. The van der Waals surface area contributed by atoms with E-state index in [1.807, 2.05) is 12.1 Å². The minimum Gasteiger partial charge on any atom is -0.504 e. The van der Waals surface area contributed by atoms with Crippen LogP contribution in [0.25, 0.3) is 0 Å². The number of hydrogen-bond acceptors (Lipinski definition) is 3. The number of rotatable bonds is 4. The SMILES string of the molecule is CCC(N)Cc1cc(I)c(O)c(OC)c1.Cl. The Bertz CT molecular complexity index is 347. The summed E-state index contributed by atoms with van der Waals surface area (Å²) in [6.45, 7) is 2.06. The van der Waals surface area contributed by atoms with Crippen molar-refractivity contribution in [1.29, 1.82) is 0 Å². The standard InChI is InChI=1S/C11H16INO2.ClH/c1-3-8(13)4-7-5-9(12)11(14)10(6-7)15-2;/h5-6,8,14H,3-4,13H2,1-2H3;1H. The molecular weight excluding hydrogens is 340 g/mol. The largest absolute Gasteiger partial charge is 0.504 e. The summed E-state index contributed by atoms with van der Waals surface area (Å²) in [4.78, 5) is 0. The zero-order valence-corrected chi connectivity index (χ0v) is 12.3. The van der Waals surface area contributed by atoms with Crippen LogP contribution in [0.5, 0.6) is 11.5 Å². The molecule has 0 saturated carbocycles. The van der Waals surface area contributed by atoms with Crippen LogP contribution >= 0.6 is 35.0 Å². The molecule has 1 aromatic rings. The van der Waals surface area contributed by atoms with Crippen LogP contribution in [-0.4, -0.2) is 18.3 Å². The van der Waals surface area contributed by atoms with Gasteiger partial charge in [0.05, 0.1) is 10.7 Å². The molecule has 0 aliphatic carbocycles. The van der Waals surface area contributed by atoms with Crippen LogP contribution in [0.4, 0.5) is 0 Å². The van der Waals surface area contributed by atoms with E-state index in [9.17, 15) is 5.11 Å². The molecule has 1 atom stereocenters. The first-order chi connectivity index (χ1) is 7.08. The molecule has 0 fully saturated rings. The molecule has 0 amide bonds. The molecule has 0 bridgehead atoms. The summed E-state index contributed by atoms with van der Waals surface area (Å²) in [7, 11) is 1.55. The second-order valence-corrected chi connectivity index (χ2v) is 4.66. The number of ether oxygens (including phenoxy) is 1. The molecule has 0 aromatic heterocycles. The van der Waals surface area contributed by atoms with Crippen LogP contribution in [0.15, 0.2) is 12.1 Å². The van der Waals surface area contributed by atoms with Crippen LogP contribution in [0.2, 0.25) is 0 Å². The fourth-order valence-electron chi connectivity index (χ4n) is 1.35. The summed E-state index contributed by atoms with van der Waals surface area (Å²) in [5, 5.41) is 9.65. The summed E-state index contributed by atoms with van der Waals surface area (Å²) in [5.41, 5.74) is 6.98. The topological polar surface area (TPSA) is 55.5 Å². The molecule has 92 valence electrons. The van der Waals surface area contributed by atoms with Crippen molar-refractivity contribution < 1.29 is 9.84 Å². The van der Waals surface area contributed by atoms with Gasteiger partial charge in [0.15, 0.2) is 11.5 Å². The Labute approximate surface area is 116 Å². The quantitative estimate of drug-likeness (QED) is 0.815. The van der Waals surface area contributed by atoms with E-state index in [0.717, 1.165) is 22.0 Å². The highest BCUT2D eigenvalue weighted by Crippen LogP contribution is 2.32. The lowest BCUT2D eigenvalue weighted by atomic mass is 10.0. The van der Waals surface area contributed by atoms with E-state index < -0.39 is 0 Å². The first-order valence-corrected chi connectivity index (χ1v) is 5.97. The smallest absolute Gasteiger partial charge is 0.171 e. The Hall–Kier alpha value is -0.200. The van der Waals surface area contributed by atoms with Crippen molar-refractivity contribution in [2.75, 3.05) is 7.11 Å². The monoisotopic (exact) mass is 357 g/mol. The van der Waals surface area contributed by atoms with Gasteiger partial charge in [0.25, 0.3) is 0 Å². The molecule has 0 aliphatic rings. The predicted molar refractivity (Wildman–Crippen MR) is 76.6 cm³/mol. The number of phenolic OH excluding ortho intramolecular Hbond substituents is 1. The fraction of sp³-hybridized carbons (Fsp3) is 0.455. The van der Waals surface area contributed by atoms with Crippen LogP contribution in [-0.2, 0) is 6.42 Å². The number of phenols is 1. The van der Waals surface area contributed by atoms with Crippen LogP contribution in [0.3, 0.4) is 0 Å². The van der Waals surface area contributed by atoms with Gasteiger partial charge in [-0.05, 0) is 53.1 Å². The summed E-state index contributed by atoms with van der Waals surface area (Å²) in [5.74, 6) is 0.715. The Morgan fingerprint density at radius 3 is 2.62 bits per heavy atom. The molecule has 0 spiro atoms. The average Bonchev–Trinajstić information content (AvgIpc) is 2.22. The van der Waals surface area contributed by atoms with Gasteiger partial charge in [-0.15, -0.1) is 12.4 Å². The Balaban J connectivity index is 0.00000225. The minimum absolute atomic E-state index is 0. The van der Waals surface area contributed by atoms with E-state index >= 15 is 0 Å². The van der Waals surface area contributed by atoms with Gasteiger partial charge < -0.3 is 15.6 Å². The van der Waals surface area contributed by atoms with Crippen LogP contribution in [0, 0.1) is 3.57 Å². The number of aromatic hydroxyl groups is 1. The van der Waals surface area contributed by atoms with Gasteiger partial charge >= 0.3 is 0 Å². The lowest BCUT2D eigenvalue weighted by molar-refractivity contribution is 0.371. The third-order valence-corrected chi connectivity index (χ3v) is 3.15. The first kappa shape index (κ1) is 15.8. The molecule has 1 rings (SSSR count). The van der Waals surface area contributed by atoms with E-state index in [0.29, 0.717) is 5.75 Å². The van der Waals surface area contributed by atoms with E-state index in [2.05, 4.69) is 29.5 Å². The Kier molecular flexibility index (Phi) is 7.10. The number of nitrogens with two attached hydrogens (primary N) is 1. The van der Waals surface area contributed by atoms with E-state index in [4.69, 9.17) is 10.5 Å². The highest BCUT2D eigenvalue weighted by Gasteiger charge is 2.10. The number of methoxy groups -OCH3 is 1. The maximum absolute atomic E-state index is 9.65. The molecule has 0 heterocycles. The molecule has 3 N–H and O–H groups in total. The second kappa shape index (κ2) is 7.19. The molecule has 3 nitrogen and oxygen atoms in total. The van der Waals surface area contributed by atoms with Crippen molar-refractivity contribution >= 4 is 35.0 Å². The summed E-state index contributed by atoms with van der Waals surface area (Å²) in [6.07, 6.45) is 1.75. The number of halogens is 2. The van der Waals surface area contributed by atoms with Gasteiger partial charge in [-0.25, -0.2) is 0 Å². The van der Waals surface area contributed by atoms with E-state index in [-0.39, 0.29) is 24.2 Å². The number of benzene rings is 1. The van der Waals surface area contributed by atoms with Crippen molar-refractivity contribution in [2.45, 2.75) is 25.8 Å². The van der Waals surface area contributed by atoms with Crippen molar-refractivity contribution in [3.63, 3.8) is 0 Å². The lowest BCUT2D eigenvalue weighted by Gasteiger charge is -2.12. The molecule has 1 unspecified atom stereocenters.